The number of allylic oxidation sites excluding steroid dienone is 1. The van der Waals surface area contributed by atoms with Gasteiger partial charge in [-0.2, -0.15) is 13.2 Å². The van der Waals surface area contributed by atoms with Crippen LogP contribution in [0.4, 0.5) is 13.2 Å². The Morgan fingerprint density at radius 1 is 1.16 bits per heavy atom. The second-order valence-corrected chi connectivity index (χ2v) is 4.84. The minimum atomic E-state index is -4.26. The van der Waals surface area contributed by atoms with Gasteiger partial charge in [-0.05, 0) is 37.8 Å². The lowest BCUT2D eigenvalue weighted by Gasteiger charge is -2.22. The molecule has 1 N–H and O–H groups in total. The monoisotopic (exact) mass is 269 g/mol. The second-order valence-electron chi connectivity index (χ2n) is 4.84. The maximum Gasteiger partial charge on any atom is 0.407 e. The van der Waals surface area contributed by atoms with Crippen molar-refractivity contribution in [1.29, 1.82) is 0 Å². The first kappa shape index (κ1) is 14.1. The van der Waals surface area contributed by atoms with Gasteiger partial charge in [-0.3, -0.25) is 0 Å². The van der Waals surface area contributed by atoms with Gasteiger partial charge in [-0.1, -0.05) is 42.0 Å². The lowest BCUT2D eigenvalue weighted by atomic mass is 10.1. The minimum absolute atomic E-state index is 0.274. The highest BCUT2D eigenvalue weighted by atomic mass is 19.4. The van der Waals surface area contributed by atoms with Crippen molar-refractivity contribution in [2.45, 2.75) is 37.9 Å². The van der Waals surface area contributed by atoms with E-state index in [0.29, 0.717) is 13.0 Å². The van der Waals surface area contributed by atoms with E-state index < -0.39 is 12.2 Å². The van der Waals surface area contributed by atoms with Crippen molar-refractivity contribution in [2.75, 3.05) is 6.54 Å². The molecule has 0 radical (unpaired) electrons. The van der Waals surface area contributed by atoms with Gasteiger partial charge in [0.05, 0.1) is 0 Å². The molecule has 19 heavy (non-hydrogen) atoms. The number of alkyl halides is 3. The van der Waals surface area contributed by atoms with Crippen LogP contribution in [0.3, 0.4) is 0 Å². The smallest absolute Gasteiger partial charge is 0.302 e. The molecule has 0 spiro atoms. The third-order valence-corrected chi connectivity index (χ3v) is 3.39. The van der Waals surface area contributed by atoms with Crippen LogP contribution in [0.15, 0.2) is 42.0 Å². The third kappa shape index (κ3) is 4.10. The van der Waals surface area contributed by atoms with Gasteiger partial charge in [0.15, 0.2) is 0 Å². The number of halogens is 3. The lowest BCUT2D eigenvalue weighted by Crippen LogP contribution is -2.34. The average Bonchev–Trinajstić information content (AvgIpc) is 2.87. The van der Waals surface area contributed by atoms with Gasteiger partial charge >= 0.3 is 6.18 Å². The molecule has 0 saturated heterocycles. The Balaban J connectivity index is 1.95. The molecule has 0 fully saturated rings. The van der Waals surface area contributed by atoms with E-state index >= 15 is 0 Å². The van der Waals surface area contributed by atoms with Gasteiger partial charge < -0.3 is 5.32 Å². The second kappa shape index (κ2) is 6.24. The molecule has 0 aromatic heterocycles. The predicted octanol–water partition coefficient (Wildman–Crippen LogP) is 4.38. The normalized spacial score (nSPS) is 17.3. The van der Waals surface area contributed by atoms with Gasteiger partial charge in [0.1, 0.15) is 6.04 Å². The first-order chi connectivity index (χ1) is 9.07. The molecule has 1 aliphatic carbocycles. The molecule has 0 heterocycles. The first-order valence-electron chi connectivity index (χ1n) is 6.60. The van der Waals surface area contributed by atoms with E-state index in [0.717, 1.165) is 19.3 Å². The van der Waals surface area contributed by atoms with Gasteiger partial charge in [0.25, 0.3) is 0 Å². The highest BCUT2D eigenvalue weighted by Gasteiger charge is 2.40. The summed E-state index contributed by atoms with van der Waals surface area (Å²) in [6, 6.07) is 6.45. The summed E-state index contributed by atoms with van der Waals surface area (Å²) in [7, 11) is 0. The zero-order valence-corrected chi connectivity index (χ0v) is 10.7. The number of nitrogens with one attached hydrogen (secondary N) is 1. The molecule has 1 nitrogen and oxygen atoms in total. The molecule has 1 aromatic rings. The van der Waals surface area contributed by atoms with Crippen LogP contribution < -0.4 is 5.32 Å². The van der Waals surface area contributed by atoms with Crippen molar-refractivity contribution >= 4 is 0 Å². The van der Waals surface area contributed by atoms with Crippen LogP contribution in [-0.4, -0.2) is 12.7 Å². The molecule has 104 valence electrons. The summed E-state index contributed by atoms with van der Waals surface area (Å²) >= 11 is 0. The van der Waals surface area contributed by atoms with E-state index in [1.165, 1.54) is 17.7 Å². The molecule has 0 amide bonds. The Labute approximate surface area is 111 Å². The molecule has 0 saturated carbocycles. The van der Waals surface area contributed by atoms with Crippen LogP contribution in [0.2, 0.25) is 0 Å². The van der Waals surface area contributed by atoms with E-state index in [1.54, 1.807) is 18.2 Å². The molecule has 0 aliphatic heterocycles. The Kier molecular flexibility index (Phi) is 4.64. The number of rotatable bonds is 5. The van der Waals surface area contributed by atoms with Crippen LogP contribution in [-0.2, 0) is 0 Å². The summed E-state index contributed by atoms with van der Waals surface area (Å²) in [5.74, 6) is 0. The highest BCUT2D eigenvalue weighted by molar-refractivity contribution is 5.20. The van der Waals surface area contributed by atoms with E-state index in [2.05, 4.69) is 11.4 Å². The highest BCUT2D eigenvalue weighted by Crippen LogP contribution is 2.32. The summed E-state index contributed by atoms with van der Waals surface area (Å²) in [5, 5.41) is 2.64. The number of hydrogen-bond acceptors (Lipinski definition) is 1. The fourth-order valence-corrected chi connectivity index (χ4v) is 2.41. The van der Waals surface area contributed by atoms with E-state index in [1.807, 2.05) is 0 Å². The van der Waals surface area contributed by atoms with E-state index in [4.69, 9.17) is 0 Å². The summed E-state index contributed by atoms with van der Waals surface area (Å²) in [5.41, 5.74) is 1.55. The quantitative estimate of drug-likeness (QED) is 0.782. The molecular weight excluding hydrogens is 251 g/mol. The Morgan fingerprint density at radius 2 is 1.89 bits per heavy atom. The van der Waals surface area contributed by atoms with Crippen LogP contribution in [0.5, 0.6) is 0 Å². The van der Waals surface area contributed by atoms with Gasteiger partial charge in [-0.25, -0.2) is 0 Å². The first-order valence-corrected chi connectivity index (χ1v) is 6.60. The van der Waals surface area contributed by atoms with Crippen molar-refractivity contribution in [3.63, 3.8) is 0 Å². The van der Waals surface area contributed by atoms with Crippen molar-refractivity contribution < 1.29 is 13.2 Å². The Morgan fingerprint density at radius 3 is 2.47 bits per heavy atom. The Hall–Kier alpha value is -1.29. The number of hydrogen-bond donors (Lipinski definition) is 1. The van der Waals surface area contributed by atoms with Crippen LogP contribution in [0, 0.1) is 0 Å². The molecule has 1 aliphatic rings. The van der Waals surface area contributed by atoms with Crippen molar-refractivity contribution in [2.24, 2.45) is 0 Å². The zero-order valence-electron chi connectivity index (χ0n) is 10.7. The SMILES string of the molecule is FC(F)(F)C(NCCC1=CCCC1)c1ccccc1. The van der Waals surface area contributed by atoms with E-state index in [9.17, 15) is 13.2 Å². The summed E-state index contributed by atoms with van der Waals surface area (Å²) in [6.45, 7) is 0.366. The molecule has 1 unspecified atom stereocenters. The molecule has 1 aromatic carbocycles. The third-order valence-electron chi connectivity index (χ3n) is 3.39. The molecule has 0 bridgehead atoms. The summed E-state index contributed by atoms with van der Waals surface area (Å²) in [6.07, 6.45) is 1.83. The van der Waals surface area contributed by atoms with Crippen molar-refractivity contribution in [3.05, 3.63) is 47.5 Å². The van der Waals surface area contributed by atoms with Crippen LogP contribution >= 0.6 is 0 Å². The molecule has 1 atom stereocenters. The van der Waals surface area contributed by atoms with Crippen LogP contribution in [0.1, 0.15) is 37.3 Å². The fraction of sp³-hybridized carbons (Fsp3) is 0.467. The van der Waals surface area contributed by atoms with Gasteiger partial charge in [0, 0.05) is 0 Å². The van der Waals surface area contributed by atoms with Crippen molar-refractivity contribution in [3.8, 4) is 0 Å². The fourth-order valence-electron chi connectivity index (χ4n) is 2.41. The largest absolute Gasteiger partial charge is 0.407 e. The molecular formula is C15H18F3N. The van der Waals surface area contributed by atoms with Gasteiger partial charge in [0.2, 0.25) is 0 Å². The average molecular weight is 269 g/mol. The molecule has 2 rings (SSSR count). The zero-order chi connectivity index (χ0) is 13.7. The lowest BCUT2D eigenvalue weighted by molar-refractivity contribution is -0.157. The predicted molar refractivity (Wildman–Crippen MR) is 69.8 cm³/mol. The Bertz CT molecular complexity index is 423. The summed E-state index contributed by atoms with van der Waals surface area (Å²) < 4.78 is 39.1. The minimum Gasteiger partial charge on any atom is -0.302 e. The van der Waals surface area contributed by atoms with Gasteiger partial charge in [-0.15, -0.1) is 0 Å². The maximum atomic E-state index is 13.0. The van der Waals surface area contributed by atoms with E-state index in [-0.39, 0.29) is 5.56 Å². The van der Waals surface area contributed by atoms with Crippen LogP contribution in [0.25, 0.3) is 0 Å². The van der Waals surface area contributed by atoms with Crippen molar-refractivity contribution in [1.82, 2.24) is 5.32 Å². The standard InChI is InChI=1S/C15H18F3N/c16-15(17,18)14(13-8-2-1-3-9-13)19-11-10-12-6-4-5-7-12/h1-3,6,8-9,14,19H,4-5,7,10-11H2. The summed E-state index contributed by atoms with van der Waals surface area (Å²) in [4.78, 5) is 0. The maximum absolute atomic E-state index is 13.0. The molecule has 4 heteroatoms. The number of benzene rings is 1. The topological polar surface area (TPSA) is 12.0 Å².